The van der Waals surface area contributed by atoms with Gasteiger partial charge in [-0.2, -0.15) is 0 Å². The predicted molar refractivity (Wildman–Crippen MR) is 104 cm³/mol. The average molecular weight is 406 g/mol. The van der Waals surface area contributed by atoms with Crippen molar-refractivity contribution in [2.24, 2.45) is 0 Å². The van der Waals surface area contributed by atoms with E-state index in [1.807, 2.05) is 25.3 Å². The van der Waals surface area contributed by atoms with Crippen molar-refractivity contribution in [3.63, 3.8) is 0 Å². The lowest BCUT2D eigenvalue weighted by atomic mass is 10.1. The fourth-order valence-electron chi connectivity index (χ4n) is 2.54. The van der Waals surface area contributed by atoms with Gasteiger partial charge in [-0.3, -0.25) is 4.79 Å². The number of hydrogen-bond donors (Lipinski definition) is 1. The highest BCUT2D eigenvalue weighted by Gasteiger charge is 2.17. The molecule has 0 unspecified atom stereocenters. The Morgan fingerprint density at radius 3 is 2.14 bits per heavy atom. The highest BCUT2D eigenvalue weighted by molar-refractivity contribution is 7.99. The van der Waals surface area contributed by atoms with Crippen molar-refractivity contribution in [1.82, 2.24) is 14.8 Å². The molecular formula is C18H22N4O5S. The molecule has 10 heteroatoms. The van der Waals surface area contributed by atoms with Gasteiger partial charge < -0.3 is 19.4 Å². The Morgan fingerprint density at radius 1 is 1.07 bits per heavy atom. The Morgan fingerprint density at radius 2 is 1.64 bits per heavy atom. The summed E-state index contributed by atoms with van der Waals surface area (Å²) in [5.41, 5.74) is 0.544. The molecule has 1 heterocycles. The number of methoxy groups -OCH3 is 2. The molecule has 1 aromatic carbocycles. The molecule has 28 heavy (non-hydrogen) atoms. The number of benzene rings is 1. The first-order valence-corrected chi connectivity index (χ1v) is 9.41. The van der Waals surface area contributed by atoms with Gasteiger partial charge in [-0.15, -0.1) is 10.2 Å². The van der Waals surface area contributed by atoms with Crippen LogP contribution < -0.4 is 5.32 Å². The van der Waals surface area contributed by atoms with Crippen LogP contribution in [0.5, 0.6) is 0 Å². The number of carbonyl (C=O) groups excluding carboxylic acids is 3. The maximum atomic E-state index is 12.4. The molecule has 0 saturated carbocycles. The minimum Gasteiger partial charge on any atom is -0.465 e. The normalized spacial score (nSPS) is 10.6. The summed E-state index contributed by atoms with van der Waals surface area (Å²) in [4.78, 5) is 36.0. The molecule has 150 valence electrons. The van der Waals surface area contributed by atoms with Crippen molar-refractivity contribution >= 4 is 35.3 Å². The third kappa shape index (κ3) is 5.10. The van der Waals surface area contributed by atoms with Crippen LogP contribution in [0.4, 0.5) is 5.69 Å². The smallest absolute Gasteiger partial charge is 0.337 e. The van der Waals surface area contributed by atoms with E-state index in [1.54, 1.807) is 0 Å². The van der Waals surface area contributed by atoms with Crippen LogP contribution in [0.3, 0.4) is 0 Å². The molecule has 0 saturated heterocycles. The molecule has 0 aliphatic carbocycles. The first-order valence-electron chi connectivity index (χ1n) is 8.42. The summed E-state index contributed by atoms with van der Waals surface area (Å²) in [5, 5.41) is 11.4. The number of amides is 1. The molecule has 0 atom stereocenters. The van der Waals surface area contributed by atoms with Crippen LogP contribution in [0.1, 0.15) is 46.4 Å². The number of esters is 2. The van der Waals surface area contributed by atoms with Crippen molar-refractivity contribution < 1.29 is 23.9 Å². The third-order valence-electron chi connectivity index (χ3n) is 3.74. The van der Waals surface area contributed by atoms with E-state index >= 15 is 0 Å². The van der Waals surface area contributed by atoms with Gasteiger partial charge in [-0.25, -0.2) is 9.59 Å². The molecule has 1 N–H and O–H groups in total. The maximum Gasteiger partial charge on any atom is 0.337 e. The van der Waals surface area contributed by atoms with Crippen LogP contribution in [0.15, 0.2) is 23.4 Å². The molecular weight excluding hydrogens is 384 g/mol. The molecule has 0 spiro atoms. The first kappa shape index (κ1) is 21.4. The second kappa shape index (κ2) is 9.36. The van der Waals surface area contributed by atoms with E-state index in [-0.39, 0.29) is 34.5 Å². The summed E-state index contributed by atoms with van der Waals surface area (Å²) in [7, 11) is 2.46. The van der Waals surface area contributed by atoms with Gasteiger partial charge in [-0.1, -0.05) is 11.8 Å². The number of anilines is 1. The van der Waals surface area contributed by atoms with Crippen LogP contribution in [0, 0.1) is 6.92 Å². The first-order chi connectivity index (χ1) is 13.3. The van der Waals surface area contributed by atoms with Crippen LogP contribution in [-0.2, 0) is 14.3 Å². The molecule has 2 rings (SSSR count). The van der Waals surface area contributed by atoms with Gasteiger partial charge in [0.1, 0.15) is 5.82 Å². The van der Waals surface area contributed by atoms with E-state index in [2.05, 4.69) is 25.0 Å². The van der Waals surface area contributed by atoms with Gasteiger partial charge in [0.2, 0.25) is 5.91 Å². The average Bonchev–Trinajstić information content (AvgIpc) is 3.05. The Balaban J connectivity index is 2.15. The summed E-state index contributed by atoms with van der Waals surface area (Å²) < 4.78 is 11.3. The molecule has 0 fully saturated rings. The number of nitrogens with one attached hydrogen (secondary N) is 1. The largest absolute Gasteiger partial charge is 0.465 e. The molecule has 1 amide bonds. The lowest BCUT2D eigenvalue weighted by Gasteiger charge is -2.12. The number of carbonyl (C=O) groups is 3. The second-order valence-electron chi connectivity index (χ2n) is 6.11. The zero-order valence-corrected chi connectivity index (χ0v) is 17.1. The number of ether oxygens (including phenoxy) is 2. The second-order valence-corrected chi connectivity index (χ2v) is 7.06. The standard InChI is InChI=1S/C18H22N4O5S/c1-10(2)22-11(3)20-21-18(22)28-9-15(23)19-14-7-12(16(24)26-4)6-13(8-14)17(25)27-5/h6-8,10H,9H2,1-5H3,(H,19,23). The Bertz CT molecular complexity index is 860. The van der Waals surface area contributed by atoms with E-state index in [0.717, 1.165) is 5.82 Å². The number of aromatic nitrogens is 3. The van der Waals surface area contributed by atoms with Gasteiger partial charge >= 0.3 is 11.9 Å². The van der Waals surface area contributed by atoms with Gasteiger partial charge in [0.15, 0.2) is 5.16 Å². The Hall–Kier alpha value is -2.88. The summed E-state index contributed by atoms with van der Waals surface area (Å²) in [6.45, 7) is 5.87. The minimum atomic E-state index is -0.629. The van der Waals surface area contributed by atoms with Gasteiger partial charge in [0.25, 0.3) is 0 Å². The molecule has 1 aromatic heterocycles. The zero-order chi connectivity index (χ0) is 20.8. The monoisotopic (exact) mass is 406 g/mol. The van der Waals surface area contributed by atoms with Crippen LogP contribution in [0.2, 0.25) is 0 Å². The number of aryl methyl sites for hydroxylation is 1. The van der Waals surface area contributed by atoms with Crippen molar-refractivity contribution in [2.45, 2.75) is 32.0 Å². The summed E-state index contributed by atoms with van der Waals surface area (Å²) >= 11 is 1.25. The van der Waals surface area contributed by atoms with Crippen molar-refractivity contribution in [2.75, 3.05) is 25.3 Å². The quantitative estimate of drug-likeness (QED) is 0.551. The Kier molecular flexibility index (Phi) is 7.16. The number of thioether (sulfide) groups is 1. The topological polar surface area (TPSA) is 112 Å². The lowest BCUT2D eigenvalue weighted by Crippen LogP contribution is -2.16. The van der Waals surface area contributed by atoms with Crippen LogP contribution in [0.25, 0.3) is 0 Å². The highest BCUT2D eigenvalue weighted by Crippen LogP contribution is 2.22. The van der Waals surface area contributed by atoms with Crippen molar-refractivity contribution in [3.8, 4) is 0 Å². The predicted octanol–water partition coefficient (Wildman–Crippen LogP) is 2.47. The van der Waals surface area contributed by atoms with E-state index in [0.29, 0.717) is 5.16 Å². The molecule has 9 nitrogen and oxygen atoms in total. The van der Waals surface area contributed by atoms with E-state index in [4.69, 9.17) is 0 Å². The molecule has 0 aliphatic heterocycles. The maximum absolute atomic E-state index is 12.4. The zero-order valence-electron chi connectivity index (χ0n) is 16.3. The number of rotatable bonds is 7. The van der Waals surface area contributed by atoms with Gasteiger partial charge in [-0.05, 0) is 39.0 Å². The summed E-state index contributed by atoms with van der Waals surface area (Å²) in [6, 6.07) is 4.37. The fraction of sp³-hybridized carbons (Fsp3) is 0.389. The summed E-state index contributed by atoms with van der Waals surface area (Å²) in [6.07, 6.45) is 0. The fourth-order valence-corrected chi connectivity index (χ4v) is 3.45. The Labute approximate surface area is 166 Å². The number of hydrogen-bond acceptors (Lipinski definition) is 8. The molecule has 0 bridgehead atoms. The third-order valence-corrected chi connectivity index (χ3v) is 4.69. The van der Waals surface area contributed by atoms with Crippen molar-refractivity contribution in [1.29, 1.82) is 0 Å². The van der Waals surface area contributed by atoms with E-state index in [1.165, 1.54) is 44.2 Å². The van der Waals surface area contributed by atoms with Gasteiger partial charge in [0.05, 0.1) is 31.1 Å². The van der Waals surface area contributed by atoms with E-state index < -0.39 is 11.9 Å². The van der Waals surface area contributed by atoms with Crippen LogP contribution >= 0.6 is 11.8 Å². The van der Waals surface area contributed by atoms with Crippen molar-refractivity contribution in [3.05, 3.63) is 35.2 Å². The molecule has 0 aliphatic rings. The van der Waals surface area contributed by atoms with E-state index in [9.17, 15) is 14.4 Å². The van der Waals surface area contributed by atoms with Gasteiger partial charge in [0, 0.05) is 11.7 Å². The van der Waals surface area contributed by atoms with Crippen LogP contribution in [-0.4, -0.2) is 52.6 Å². The SMILES string of the molecule is COC(=O)c1cc(NC(=O)CSc2nnc(C)n2C(C)C)cc(C(=O)OC)c1. The molecule has 2 aromatic rings. The molecule has 0 radical (unpaired) electrons. The minimum absolute atomic E-state index is 0.0842. The lowest BCUT2D eigenvalue weighted by molar-refractivity contribution is -0.113. The summed E-state index contributed by atoms with van der Waals surface area (Å²) in [5.74, 6) is -0.724. The highest BCUT2D eigenvalue weighted by atomic mass is 32.2. The number of nitrogens with zero attached hydrogens (tertiary/aromatic N) is 3.